The van der Waals surface area contributed by atoms with Gasteiger partial charge in [0.15, 0.2) is 11.5 Å². The maximum atomic E-state index is 14.9. The number of nitrogen functional groups attached to an aromatic ring is 1. The predicted molar refractivity (Wildman–Crippen MR) is 173 cm³/mol. The zero-order valence-electron chi connectivity index (χ0n) is 24.6. The summed E-state index contributed by atoms with van der Waals surface area (Å²) in [5, 5.41) is 16.9. The molecule has 0 saturated heterocycles. The molecule has 1 amide bonds. The number of aromatic nitrogens is 6. The highest BCUT2D eigenvalue weighted by molar-refractivity contribution is 5.94. The summed E-state index contributed by atoms with van der Waals surface area (Å²) in [6, 6.07) is 30.5. The van der Waals surface area contributed by atoms with Crippen molar-refractivity contribution >= 4 is 22.9 Å². The minimum atomic E-state index is -0.727. The van der Waals surface area contributed by atoms with Crippen LogP contribution in [0.15, 0.2) is 109 Å². The Morgan fingerprint density at radius 2 is 1.70 bits per heavy atom. The van der Waals surface area contributed by atoms with Crippen molar-refractivity contribution in [2.24, 2.45) is 0 Å². The number of imidazole rings is 1. The maximum absolute atomic E-state index is 14.9. The van der Waals surface area contributed by atoms with Gasteiger partial charge in [0.25, 0.3) is 5.91 Å². The number of nitrogens with one attached hydrogen (secondary N) is 1. The third-order valence-corrected chi connectivity index (χ3v) is 7.56. The van der Waals surface area contributed by atoms with E-state index in [0.717, 1.165) is 28.6 Å². The Balaban J connectivity index is 1.17. The zero-order valence-corrected chi connectivity index (χ0v) is 24.6. The first-order valence-electron chi connectivity index (χ1n) is 14.4. The fraction of sp³-hybridized carbons (Fsp3) is 0.0571. The molecule has 7 aromatic rings. The van der Waals surface area contributed by atoms with Crippen molar-refractivity contribution in [1.82, 2.24) is 34.6 Å². The van der Waals surface area contributed by atoms with Crippen LogP contribution in [0.4, 0.5) is 10.2 Å². The number of amides is 1. The van der Waals surface area contributed by atoms with Gasteiger partial charge in [-0.2, -0.15) is 5.10 Å². The maximum Gasteiger partial charge on any atom is 0.254 e. The first-order valence-corrected chi connectivity index (χ1v) is 14.4. The lowest BCUT2D eigenvalue weighted by molar-refractivity contribution is 0.0947. The molecule has 0 aliphatic rings. The van der Waals surface area contributed by atoms with Crippen molar-refractivity contribution in [3.05, 3.63) is 132 Å². The number of fused-ring (bicyclic) bond motifs is 1. The van der Waals surface area contributed by atoms with Gasteiger partial charge in [0, 0.05) is 36.1 Å². The fourth-order valence-electron chi connectivity index (χ4n) is 5.29. The van der Waals surface area contributed by atoms with Crippen LogP contribution in [0.3, 0.4) is 0 Å². The van der Waals surface area contributed by atoms with Gasteiger partial charge >= 0.3 is 0 Å². The molecule has 46 heavy (non-hydrogen) atoms. The number of aryl methyl sites for hydroxylation is 1. The van der Waals surface area contributed by atoms with Gasteiger partial charge in [-0.1, -0.05) is 42.5 Å². The van der Waals surface area contributed by atoms with E-state index in [1.807, 2.05) is 83.4 Å². The predicted octanol–water partition coefficient (Wildman–Crippen LogP) is 6.00. The van der Waals surface area contributed by atoms with E-state index < -0.39 is 11.7 Å². The second-order valence-electron chi connectivity index (χ2n) is 10.7. The number of hydrogen-bond acceptors (Lipinski definition) is 7. The number of carbonyl (C=O) groups excluding carboxylic acids is 1. The lowest BCUT2D eigenvalue weighted by Crippen LogP contribution is -2.24. The molecule has 0 aliphatic carbocycles. The van der Waals surface area contributed by atoms with Crippen molar-refractivity contribution in [3.8, 4) is 39.9 Å². The molecule has 0 fully saturated rings. The van der Waals surface area contributed by atoms with Crippen molar-refractivity contribution in [3.63, 3.8) is 0 Å². The van der Waals surface area contributed by atoms with Crippen LogP contribution in [0.5, 0.6) is 5.88 Å². The standard InChI is InChI=1S/C35H27FN8O2/c1-21-18-31(45)44(42-21)25-13-14-26(28(36)19-25)35(46)39-20-22-9-11-24(12-10-22)43-33(27-8-5-17-38-32(27)37)41-30-16-15-29(40-34(30)43)23-6-3-2-4-7-23/h2-19,45H,20H2,1H3,(H2,37,38)(H,39,46). The summed E-state index contributed by atoms with van der Waals surface area (Å²) in [5.41, 5.74) is 12.4. The quantitative estimate of drug-likeness (QED) is 0.201. The van der Waals surface area contributed by atoms with Gasteiger partial charge in [0.2, 0.25) is 5.88 Å². The van der Waals surface area contributed by atoms with Gasteiger partial charge in [-0.15, -0.1) is 0 Å². The van der Waals surface area contributed by atoms with Crippen LogP contribution in [0.2, 0.25) is 0 Å². The van der Waals surface area contributed by atoms with E-state index >= 15 is 0 Å². The van der Waals surface area contributed by atoms with Crippen LogP contribution in [-0.4, -0.2) is 40.3 Å². The number of nitrogens with two attached hydrogens (primary N) is 1. The molecule has 0 saturated carbocycles. The van der Waals surface area contributed by atoms with Crippen molar-refractivity contribution in [1.29, 1.82) is 0 Å². The molecule has 4 heterocycles. The van der Waals surface area contributed by atoms with Crippen LogP contribution in [0.1, 0.15) is 21.6 Å². The van der Waals surface area contributed by atoms with Crippen LogP contribution in [0, 0.1) is 12.7 Å². The van der Waals surface area contributed by atoms with Crippen LogP contribution in [-0.2, 0) is 6.54 Å². The van der Waals surface area contributed by atoms with Gasteiger partial charge in [-0.3, -0.25) is 9.36 Å². The number of hydrogen-bond donors (Lipinski definition) is 3. The number of benzene rings is 3. The first kappa shape index (κ1) is 28.4. The summed E-state index contributed by atoms with van der Waals surface area (Å²) in [6.45, 7) is 1.88. The highest BCUT2D eigenvalue weighted by Gasteiger charge is 2.19. The van der Waals surface area contributed by atoms with Gasteiger partial charge in [-0.25, -0.2) is 24.0 Å². The molecule has 0 aliphatic heterocycles. The highest BCUT2D eigenvalue weighted by Crippen LogP contribution is 2.32. The topological polar surface area (TPSA) is 137 Å². The average molecular weight is 611 g/mol. The fourth-order valence-corrected chi connectivity index (χ4v) is 5.29. The molecule has 0 unspecified atom stereocenters. The number of rotatable bonds is 7. The molecule has 10 nitrogen and oxygen atoms in total. The monoisotopic (exact) mass is 610 g/mol. The molecule has 7 rings (SSSR count). The summed E-state index contributed by atoms with van der Waals surface area (Å²) in [6.07, 6.45) is 1.63. The summed E-state index contributed by atoms with van der Waals surface area (Å²) in [5.74, 6) is -0.476. The highest BCUT2D eigenvalue weighted by atomic mass is 19.1. The first-order chi connectivity index (χ1) is 22.4. The Hall–Kier alpha value is -6.36. The molecule has 0 spiro atoms. The van der Waals surface area contributed by atoms with E-state index in [1.165, 1.54) is 22.9 Å². The average Bonchev–Trinajstić information content (AvgIpc) is 3.62. The smallest absolute Gasteiger partial charge is 0.254 e. The largest absolute Gasteiger partial charge is 0.493 e. The third-order valence-electron chi connectivity index (χ3n) is 7.56. The van der Waals surface area contributed by atoms with Gasteiger partial charge in [-0.05, 0) is 61.0 Å². The summed E-state index contributed by atoms with van der Waals surface area (Å²) >= 11 is 0. The van der Waals surface area contributed by atoms with Crippen LogP contribution >= 0.6 is 0 Å². The van der Waals surface area contributed by atoms with Crippen LogP contribution < -0.4 is 11.1 Å². The van der Waals surface area contributed by atoms with E-state index in [1.54, 1.807) is 13.1 Å². The van der Waals surface area contributed by atoms with Crippen molar-refractivity contribution < 1.29 is 14.3 Å². The molecule has 0 bridgehead atoms. The third kappa shape index (κ3) is 5.30. The molecule has 11 heteroatoms. The summed E-state index contributed by atoms with van der Waals surface area (Å²) < 4.78 is 18.1. The summed E-state index contributed by atoms with van der Waals surface area (Å²) in [7, 11) is 0. The van der Waals surface area contributed by atoms with Crippen molar-refractivity contribution in [2.75, 3.05) is 5.73 Å². The molecule has 0 atom stereocenters. The second kappa shape index (κ2) is 11.6. The zero-order chi connectivity index (χ0) is 31.8. The Bertz CT molecular complexity index is 2230. The lowest BCUT2D eigenvalue weighted by Gasteiger charge is -2.12. The van der Waals surface area contributed by atoms with Crippen molar-refractivity contribution in [2.45, 2.75) is 13.5 Å². The lowest BCUT2D eigenvalue weighted by atomic mass is 10.1. The van der Waals surface area contributed by atoms with Gasteiger partial charge in [0.05, 0.1) is 28.2 Å². The summed E-state index contributed by atoms with van der Waals surface area (Å²) in [4.78, 5) is 27.0. The minimum absolute atomic E-state index is 0.118. The molecule has 4 aromatic heterocycles. The van der Waals surface area contributed by atoms with E-state index in [4.69, 9.17) is 15.7 Å². The van der Waals surface area contributed by atoms with E-state index in [-0.39, 0.29) is 18.0 Å². The van der Waals surface area contributed by atoms with Crippen LogP contribution in [0.25, 0.3) is 45.2 Å². The molecule has 0 radical (unpaired) electrons. The van der Waals surface area contributed by atoms with E-state index in [9.17, 15) is 14.3 Å². The molecule has 3 aromatic carbocycles. The number of pyridine rings is 2. The minimum Gasteiger partial charge on any atom is -0.493 e. The number of aromatic hydroxyl groups is 1. The Morgan fingerprint density at radius 1 is 0.913 bits per heavy atom. The SMILES string of the molecule is Cc1cc(O)n(-c2ccc(C(=O)NCc3ccc(-n4c(-c5cccnc5N)nc5ccc(-c6ccccc6)nc54)cc3)c(F)c2)n1. The van der Waals surface area contributed by atoms with Gasteiger partial charge < -0.3 is 16.2 Å². The molecular formula is C35H27FN8O2. The number of anilines is 1. The van der Waals surface area contributed by atoms with E-state index in [2.05, 4.69) is 15.4 Å². The Kier molecular flexibility index (Phi) is 7.18. The van der Waals surface area contributed by atoms with Gasteiger partial charge in [0.1, 0.15) is 17.2 Å². The molecular weight excluding hydrogens is 583 g/mol. The van der Waals surface area contributed by atoms with E-state index in [0.29, 0.717) is 39.8 Å². The number of nitrogens with zero attached hydrogens (tertiary/aromatic N) is 6. The molecule has 226 valence electrons. The number of halogens is 1. The Morgan fingerprint density at radius 3 is 2.41 bits per heavy atom. The Labute approximate surface area is 262 Å². The normalized spacial score (nSPS) is 11.2. The number of carbonyl (C=O) groups is 1. The molecule has 4 N–H and O–H groups in total. The second-order valence-corrected chi connectivity index (χ2v) is 10.7.